The summed E-state index contributed by atoms with van der Waals surface area (Å²) < 4.78 is 45.2. The molecule has 3 N–H and O–H groups in total. The summed E-state index contributed by atoms with van der Waals surface area (Å²) in [6.07, 6.45) is 2.55. The van der Waals surface area contributed by atoms with Gasteiger partial charge in [0.05, 0.1) is 26.4 Å². The van der Waals surface area contributed by atoms with Crippen LogP contribution in [0.1, 0.15) is 48.6 Å². The van der Waals surface area contributed by atoms with E-state index in [4.69, 9.17) is 25.4 Å². The summed E-state index contributed by atoms with van der Waals surface area (Å²) in [6.45, 7) is 5.76. The van der Waals surface area contributed by atoms with E-state index in [2.05, 4.69) is 16.7 Å². The largest absolute Gasteiger partial charge is 0.496 e. The lowest BCUT2D eigenvalue weighted by Crippen LogP contribution is -2.53. The van der Waals surface area contributed by atoms with Crippen LogP contribution < -0.4 is 15.2 Å². The maximum Gasteiger partial charge on any atom is 0.144 e. The van der Waals surface area contributed by atoms with Gasteiger partial charge in [0.15, 0.2) is 0 Å². The van der Waals surface area contributed by atoms with Gasteiger partial charge in [0, 0.05) is 68.4 Å². The lowest BCUT2D eigenvalue weighted by Gasteiger charge is -2.45. The van der Waals surface area contributed by atoms with Gasteiger partial charge in [-0.3, -0.25) is 14.2 Å². The Morgan fingerprint density at radius 3 is 2.58 bits per heavy atom. The van der Waals surface area contributed by atoms with Gasteiger partial charge >= 0.3 is 0 Å². The predicted octanol–water partition coefficient (Wildman–Crippen LogP) is 4.41. The smallest absolute Gasteiger partial charge is 0.144 e. The molecule has 0 aliphatic carbocycles. The monoisotopic (exact) mass is 530 g/mol. The second-order valence-electron chi connectivity index (χ2n) is 10.7. The third-order valence-corrected chi connectivity index (χ3v) is 7.55. The van der Waals surface area contributed by atoms with Crippen molar-refractivity contribution in [2.24, 2.45) is 0 Å². The number of ether oxygens (including phenoxy) is 3. The average Bonchev–Trinajstić information content (AvgIpc) is 2.86. The summed E-state index contributed by atoms with van der Waals surface area (Å²) >= 11 is 0. The van der Waals surface area contributed by atoms with E-state index >= 15 is 4.39 Å². The minimum atomic E-state index is -1.56. The molecular weight excluding hydrogens is 490 g/mol. The molecule has 0 amide bonds. The third-order valence-electron chi connectivity index (χ3n) is 7.55. The number of hydrogen-bond acceptors (Lipinski definition) is 7. The van der Waals surface area contributed by atoms with Crippen molar-refractivity contribution in [2.75, 3.05) is 59.4 Å². The number of alkyl halides is 2. The van der Waals surface area contributed by atoms with Crippen LogP contribution in [0.4, 0.5) is 14.5 Å². The highest BCUT2D eigenvalue weighted by molar-refractivity contribution is 5.88. The molecule has 2 heterocycles. The van der Waals surface area contributed by atoms with Gasteiger partial charge in [0.2, 0.25) is 0 Å². The van der Waals surface area contributed by atoms with Crippen LogP contribution in [0.25, 0.3) is 0 Å². The molecule has 0 aromatic heterocycles. The number of likely N-dealkylation sites (tertiary alicyclic amines) is 1. The molecule has 0 bridgehead atoms. The first-order valence-corrected chi connectivity index (χ1v) is 13.2. The van der Waals surface area contributed by atoms with Gasteiger partial charge in [-0.05, 0) is 56.0 Å². The van der Waals surface area contributed by atoms with Crippen molar-refractivity contribution in [2.45, 2.75) is 50.5 Å². The van der Waals surface area contributed by atoms with Gasteiger partial charge in [-0.25, -0.2) is 4.39 Å². The quantitative estimate of drug-likeness (QED) is 0.313. The Labute approximate surface area is 224 Å². The van der Waals surface area contributed by atoms with E-state index < -0.39 is 5.67 Å². The molecule has 2 aliphatic heterocycles. The number of nitrogens with zero attached hydrogens (tertiary/aromatic N) is 2. The fourth-order valence-corrected chi connectivity index (χ4v) is 5.77. The number of hydrogen-bond donors (Lipinski definition) is 2. The second kappa shape index (κ2) is 12.0. The van der Waals surface area contributed by atoms with Crippen molar-refractivity contribution in [3.8, 4) is 11.5 Å². The minimum Gasteiger partial charge on any atom is -0.496 e. The molecule has 0 saturated carbocycles. The van der Waals surface area contributed by atoms with E-state index in [0.717, 1.165) is 36.3 Å². The van der Waals surface area contributed by atoms with Crippen LogP contribution in [0.3, 0.4) is 0 Å². The van der Waals surface area contributed by atoms with Gasteiger partial charge in [-0.2, -0.15) is 0 Å². The first-order chi connectivity index (χ1) is 18.2. The van der Waals surface area contributed by atoms with Crippen LogP contribution in [-0.2, 0) is 11.2 Å². The summed E-state index contributed by atoms with van der Waals surface area (Å²) in [6, 6.07) is 9.26. The third kappa shape index (κ3) is 5.95. The number of rotatable bonds is 12. The first-order valence-electron chi connectivity index (χ1n) is 13.2. The van der Waals surface area contributed by atoms with E-state index in [0.29, 0.717) is 35.6 Å². The van der Waals surface area contributed by atoms with Crippen LogP contribution in [0.15, 0.2) is 30.3 Å². The topological polar surface area (TPSA) is 84.0 Å². The van der Waals surface area contributed by atoms with Gasteiger partial charge < -0.3 is 25.4 Å². The summed E-state index contributed by atoms with van der Waals surface area (Å²) in [5.41, 5.74) is 8.82. The highest BCUT2D eigenvalue weighted by Crippen LogP contribution is 2.44. The van der Waals surface area contributed by atoms with Crippen molar-refractivity contribution in [3.05, 3.63) is 52.6 Å². The van der Waals surface area contributed by atoms with E-state index in [9.17, 15) is 4.39 Å². The molecule has 2 aromatic rings. The molecule has 7 nitrogen and oxygen atoms in total. The molecule has 0 unspecified atom stereocenters. The number of nitrogens with two attached hydrogens (primary N) is 1. The number of nitrogen functional groups attached to an aromatic ring is 1. The van der Waals surface area contributed by atoms with E-state index in [1.807, 2.05) is 30.3 Å². The van der Waals surface area contributed by atoms with Gasteiger partial charge in [0.1, 0.15) is 23.3 Å². The first kappa shape index (κ1) is 28.3. The maximum atomic E-state index is 15.6. The number of nitrogens with one attached hydrogen (secondary N) is 1. The van der Waals surface area contributed by atoms with E-state index in [1.54, 1.807) is 14.0 Å². The Hall–Kier alpha value is -2.75. The number of fused-ring (bicyclic) bond motifs is 1. The minimum absolute atomic E-state index is 0.0169. The van der Waals surface area contributed by atoms with Crippen LogP contribution in [0.2, 0.25) is 0 Å². The molecule has 4 rings (SSSR count). The summed E-state index contributed by atoms with van der Waals surface area (Å²) in [7, 11) is 3.13. The highest BCUT2D eigenvalue weighted by Gasteiger charge is 2.40. The zero-order chi connectivity index (χ0) is 27.4. The zero-order valence-corrected chi connectivity index (χ0v) is 22.8. The Morgan fingerprint density at radius 1 is 1.18 bits per heavy atom. The Morgan fingerprint density at radius 2 is 1.92 bits per heavy atom. The fourth-order valence-electron chi connectivity index (χ4n) is 5.77. The van der Waals surface area contributed by atoms with Crippen molar-refractivity contribution in [1.29, 1.82) is 5.41 Å². The molecule has 2 aliphatic rings. The highest BCUT2D eigenvalue weighted by atomic mass is 19.1. The number of methoxy groups -OCH3 is 2. The van der Waals surface area contributed by atoms with E-state index in [1.165, 1.54) is 13.3 Å². The molecule has 3 atom stereocenters. The van der Waals surface area contributed by atoms with Gasteiger partial charge in [0.25, 0.3) is 0 Å². The molecule has 38 heavy (non-hydrogen) atoms. The lowest BCUT2D eigenvalue weighted by molar-refractivity contribution is 0.00185. The van der Waals surface area contributed by atoms with Crippen LogP contribution in [0, 0.1) is 5.41 Å². The van der Waals surface area contributed by atoms with Crippen molar-refractivity contribution in [3.63, 3.8) is 0 Å². The van der Waals surface area contributed by atoms with Crippen molar-refractivity contribution >= 4 is 11.9 Å². The maximum absolute atomic E-state index is 15.6. The fraction of sp³-hybridized carbons (Fsp3) is 0.552. The Bertz CT molecular complexity index is 1120. The molecule has 2 aromatic carbocycles. The molecule has 9 heteroatoms. The molecule has 1 saturated heterocycles. The SMILES string of the molecule is COC[C@@](C)(F)CN1[C@H](c2ccc(OC3CN(CCCF)C3)cc2OC)c2ccc(N)c(C=N)c2C[C@H]1C. The average molecular weight is 531 g/mol. The lowest BCUT2D eigenvalue weighted by atomic mass is 9.81. The Balaban J connectivity index is 1.69. The predicted molar refractivity (Wildman–Crippen MR) is 146 cm³/mol. The van der Waals surface area contributed by atoms with Crippen LogP contribution in [-0.4, -0.2) is 87.5 Å². The van der Waals surface area contributed by atoms with Crippen molar-refractivity contribution in [1.82, 2.24) is 9.80 Å². The second-order valence-corrected chi connectivity index (χ2v) is 10.7. The summed E-state index contributed by atoms with van der Waals surface area (Å²) in [5.74, 6) is 1.34. The van der Waals surface area contributed by atoms with Crippen LogP contribution >= 0.6 is 0 Å². The summed E-state index contributed by atoms with van der Waals surface area (Å²) in [4.78, 5) is 4.33. The summed E-state index contributed by atoms with van der Waals surface area (Å²) in [5, 5.41) is 8.00. The van der Waals surface area contributed by atoms with E-state index in [-0.39, 0.29) is 38.0 Å². The number of benzene rings is 2. The molecule has 208 valence electrons. The normalized spacial score (nSPS) is 21.8. The van der Waals surface area contributed by atoms with Gasteiger partial charge in [-0.1, -0.05) is 6.07 Å². The van der Waals surface area contributed by atoms with Crippen LogP contribution in [0.5, 0.6) is 11.5 Å². The van der Waals surface area contributed by atoms with Crippen molar-refractivity contribution < 1.29 is 23.0 Å². The molecule has 0 spiro atoms. The Kier molecular flexibility index (Phi) is 8.90. The standard InChI is InChI=1S/C29H40F2N4O3/c1-19-12-24-22(8-9-26(33)25(24)14-32)28(35(19)17-29(2,31)18-36-3)23-7-6-20(13-27(23)37-4)38-21-15-34(16-21)11-5-10-30/h6-9,13-14,19,21,28,32H,5,10-12,15-18,33H2,1-4H3/t19-,28+,29+/m1/s1. The number of halogens is 2. The molecule has 1 fully saturated rings. The van der Waals surface area contributed by atoms with Gasteiger partial charge in [-0.15, -0.1) is 0 Å². The zero-order valence-electron chi connectivity index (χ0n) is 22.8. The molecule has 0 radical (unpaired) electrons. The molecular formula is C29H40F2N4O3. The number of anilines is 1.